The average Bonchev–Trinajstić information content (AvgIpc) is 2.44. The van der Waals surface area contributed by atoms with Crippen LogP contribution in [-0.4, -0.2) is 37.2 Å². The molecule has 0 atom stereocenters. The van der Waals surface area contributed by atoms with Gasteiger partial charge in [0.2, 0.25) is 0 Å². The molecule has 0 aliphatic rings. The maximum atomic E-state index is 12.0. The van der Waals surface area contributed by atoms with E-state index in [9.17, 15) is 4.79 Å². The van der Waals surface area contributed by atoms with Crippen LogP contribution in [0, 0.1) is 6.92 Å². The van der Waals surface area contributed by atoms with Crippen molar-refractivity contribution in [1.82, 2.24) is 10.3 Å². The van der Waals surface area contributed by atoms with Crippen molar-refractivity contribution in [3.8, 4) is 0 Å². The van der Waals surface area contributed by atoms with E-state index in [0.29, 0.717) is 25.3 Å². The largest absolute Gasteiger partial charge is 0.382 e. The summed E-state index contributed by atoms with van der Waals surface area (Å²) >= 11 is 0. The second-order valence-corrected chi connectivity index (χ2v) is 4.62. The first-order chi connectivity index (χ1) is 9.67. The highest BCUT2D eigenvalue weighted by Crippen LogP contribution is 2.10. The van der Waals surface area contributed by atoms with E-state index >= 15 is 0 Å². The lowest BCUT2D eigenvalue weighted by Crippen LogP contribution is -2.25. The van der Waals surface area contributed by atoms with Gasteiger partial charge in [-0.25, -0.2) is 4.98 Å². The van der Waals surface area contributed by atoms with Gasteiger partial charge in [0.25, 0.3) is 5.91 Å². The standard InChI is InChI=1S/C15H25N3O2/c1-4-7-16-14-11-13(10-12(3)18-14)15(19)17-8-6-9-20-5-2/h10-11H,4-9H2,1-3H3,(H,16,18)(H,17,19). The smallest absolute Gasteiger partial charge is 0.251 e. The lowest BCUT2D eigenvalue weighted by molar-refractivity contribution is 0.0944. The van der Waals surface area contributed by atoms with Crippen molar-refractivity contribution >= 4 is 11.7 Å². The second-order valence-electron chi connectivity index (χ2n) is 4.62. The summed E-state index contributed by atoms with van der Waals surface area (Å²) in [6, 6.07) is 3.59. The van der Waals surface area contributed by atoms with Gasteiger partial charge in [-0.15, -0.1) is 0 Å². The molecule has 1 aromatic heterocycles. The Kier molecular flexibility index (Phi) is 7.65. The molecule has 112 valence electrons. The Balaban J connectivity index is 2.51. The molecule has 1 rings (SSSR count). The van der Waals surface area contributed by atoms with Crippen molar-refractivity contribution in [3.63, 3.8) is 0 Å². The van der Waals surface area contributed by atoms with Crippen LogP contribution in [0.1, 0.15) is 42.7 Å². The van der Waals surface area contributed by atoms with Crippen LogP contribution in [0.3, 0.4) is 0 Å². The Morgan fingerprint density at radius 3 is 2.80 bits per heavy atom. The monoisotopic (exact) mass is 279 g/mol. The van der Waals surface area contributed by atoms with Crippen molar-refractivity contribution in [1.29, 1.82) is 0 Å². The number of pyridine rings is 1. The van der Waals surface area contributed by atoms with Crippen LogP contribution in [0.25, 0.3) is 0 Å². The quantitative estimate of drug-likeness (QED) is 0.681. The number of hydrogen-bond acceptors (Lipinski definition) is 4. The summed E-state index contributed by atoms with van der Waals surface area (Å²) in [6.45, 7) is 8.81. The summed E-state index contributed by atoms with van der Waals surface area (Å²) in [5, 5.41) is 6.10. The number of hydrogen-bond donors (Lipinski definition) is 2. The second kappa shape index (κ2) is 9.31. The molecule has 0 aliphatic heterocycles. The molecule has 1 amide bonds. The predicted octanol–water partition coefficient (Wildman–Crippen LogP) is 2.37. The van der Waals surface area contributed by atoms with Gasteiger partial charge in [-0.3, -0.25) is 4.79 Å². The Morgan fingerprint density at radius 1 is 1.30 bits per heavy atom. The minimum Gasteiger partial charge on any atom is -0.382 e. The highest BCUT2D eigenvalue weighted by Gasteiger charge is 2.07. The SMILES string of the molecule is CCCNc1cc(C(=O)NCCCOCC)cc(C)n1. The highest BCUT2D eigenvalue weighted by atomic mass is 16.5. The normalized spacial score (nSPS) is 10.3. The number of anilines is 1. The Morgan fingerprint density at radius 2 is 2.10 bits per heavy atom. The topological polar surface area (TPSA) is 63.2 Å². The fourth-order valence-electron chi connectivity index (χ4n) is 1.77. The van der Waals surface area contributed by atoms with Gasteiger partial charge in [0.05, 0.1) is 0 Å². The molecule has 0 aromatic carbocycles. The fraction of sp³-hybridized carbons (Fsp3) is 0.600. The number of ether oxygens (including phenoxy) is 1. The molecule has 0 bridgehead atoms. The molecule has 0 unspecified atom stereocenters. The van der Waals surface area contributed by atoms with E-state index in [1.54, 1.807) is 12.1 Å². The summed E-state index contributed by atoms with van der Waals surface area (Å²) < 4.78 is 5.23. The fourth-order valence-corrected chi connectivity index (χ4v) is 1.77. The zero-order chi connectivity index (χ0) is 14.8. The molecule has 0 radical (unpaired) electrons. The van der Waals surface area contributed by atoms with Crippen LogP contribution in [0.4, 0.5) is 5.82 Å². The number of nitrogens with one attached hydrogen (secondary N) is 2. The Bertz CT molecular complexity index is 422. The minimum atomic E-state index is -0.0634. The van der Waals surface area contributed by atoms with Gasteiger partial charge in [-0.2, -0.15) is 0 Å². The third-order valence-corrected chi connectivity index (χ3v) is 2.73. The van der Waals surface area contributed by atoms with Crippen molar-refractivity contribution in [2.75, 3.05) is 31.6 Å². The van der Waals surface area contributed by atoms with Gasteiger partial charge >= 0.3 is 0 Å². The number of carbonyl (C=O) groups excluding carboxylic acids is 1. The van der Waals surface area contributed by atoms with Crippen LogP contribution in [0.15, 0.2) is 12.1 Å². The predicted molar refractivity (Wildman–Crippen MR) is 81.2 cm³/mol. The summed E-state index contributed by atoms with van der Waals surface area (Å²) in [5.74, 6) is 0.692. The van der Waals surface area contributed by atoms with Crippen LogP contribution in [-0.2, 0) is 4.74 Å². The molecule has 0 spiro atoms. The van der Waals surface area contributed by atoms with Gasteiger partial charge in [0.15, 0.2) is 0 Å². The first-order valence-corrected chi connectivity index (χ1v) is 7.25. The first kappa shape index (κ1) is 16.4. The first-order valence-electron chi connectivity index (χ1n) is 7.25. The molecule has 1 aromatic rings. The molecular formula is C15H25N3O2. The molecule has 0 aliphatic carbocycles. The maximum Gasteiger partial charge on any atom is 0.251 e. The highest BCUT2D eigenvalue weighted by molar-refractivity contribution is 5.94. The van der Waals surface area contributed by atoms with E-state index in [2.05, 4.69) is 22.5 Å². The van der Waals surface area contributed by atoms with Gasteiger partial charge in [-0.1, -0.05) is 6.92 Å². The lowest BCUT2D eigenvalue weighted by Gasteiger charge is -2.09. The maximum absolute atomic E-state index is 12.0. The van der Waals surface area contributed by atoms with Crippen molar-refractivity contribution in [2.24, 2.45) is 0 Å². The minimum absolute atomic E-state index is 0.0634. The third kappa shape index (κ3) is 6.02. The molecule has 5 nitrogen and oxygen atoms in total. The molecule has 0 saturated heterocycles. The van der Waals surface area contributed by atoms with Crippen LogP contribution >= 0.6 is 0 Å². The number of aromatic nitrogens is 1. The third-order valence-electron chi connectivity index (χ3n) is 2.73. The number of nitrogens with zero attached hydrogens (tertiary/aromatic N) is 1. The average molecular weight is 279 g/mol. The van der Waals surface area contributed by atoms with Crippen LogP contribution in [0.5, 0.6) is 0 Å². The molecule has 20 heavy (non-hydrogen) atoms. The summed E-state index contributed by atoms with van der Waals surface area (Å²) in [4.78, 5) is 16.4. The van der Waals surface area contributed by atoms with Crippen molar-refractivity contribution < 1.29 is 9.53 Å². The van der Waals surface area contributed by atoms with E-state index in [-0.39, 0.29) is 5.91 Å². The molecule has 1 heterocycles. The van der Waals surface area contributed by atoms with Gasteiger partial charge in [0.1, 0.15) is 5.82 Å². The van der Waals surface area contributed by atoms with E-state index in [1.807, 2.05) is 13.8 Å². The summed E-state index contributed by atoms with van der Waals surface area (Å²) in [7, 11) is 0. The van der Waals surface area contributed by atoms with E-state index in [0.717, 1.165) is 30.9 Å². The number of carbonyl (C=O) groups is 1. The molecular weight excluding hydrogens is 254 g/mol. The molecule has 0 saturated carbocycles. The van der Waals surface area contributed by atoms with Gasteiger partial charge in [-0.05, 0) is 38.8 Å². The lowest BCUT2D eigenvalue weighted by atomic mass is 10.2. The molecule has 2 N–H and O–H groups in total. The van der Waals surface area contributed by atoms with Gasteiger partial charge in [0, 0.05) is 37.6 Å². The number of aryl methyl sites for hydroxylation is 1. The van der Waals surface area contributed by atoms with Gasteiger partial charge < -0.3 is 15.4 Å². The van der Waals surface area contributed by atoms with E-state index in [1.165, 1.54) is 0 Å². The summed E-state index contributed by atoms with van der Waals surface area (Å²) in [6.07, 6.45) is 1.85. The van der Waals surface area contributed by atoms with E-state index < -0.39 is 0 Å². The van der Waals surface area contributed by atoms with Crippen LogP contribution in [0.2, 0.25) is 0 Å². The molecule has 0 fully saturated rings. The zero-order valence-corrected chi connectivity index (χ0v) is 12.7. The Hall–Kier alpha value is -1.62. The van der Waals surface area contributed by atoms with Crippen molar-refractivity contribution in [2.45, 2.75) is 33.6 Å². The number of rotatable bonds is 9. The number of amides is 1. The zero-order valence-electron chi connectivity index (χ0n) is 12.7. The van der Waals surface area contributed by atoms with Crippen LogP contribution < -0.4 is 10.6 Å². The van der Waals surface area contributed by atoms with Crippen molar-refractivity contribution in [3.05, 3.63) is 23.4 Å². The summed E-state index contributed by atoms with van der Waals surface area (Å²) in [5.41, 5.74) is 1.48. The Labute approximate surface area is 121 Å². The molecule has 5 heteroatoms. The van der Waals surface area contributed by atoms with E-state index in [4.69, 9.17) is 4.74 Å².